The molecule has 0 saturated carbocycles. The summed E-state index contributed by atoms with van der Waals surface area (Å²) in [5.41, 5.74) is 7.38. The summed E-state index contributed by atoms with van der Waals surface area (Å²) in [6.07, 6.45) is 3.84. The highest BCUT2D eigenvalue weighted by Gasteiger charge is 2.00. The van der Waals surface area contributed by atoms with Crippen molar-refractivity contribution in [3.05, 3.63) is 17.5 Å². The van der Waals surface area contributed by atoms with Crippen molar-refractivity contribution in [2.45, 2.75) is 33.2 Å². The second-order valence-corrected chi connectivity index (χ2v) is 3.23. The molecule has 76 valence electrons. The fourth-order valence-corrected chi connectivity index (χ4v) is 1.21. The lowest BCUT2D eigenvalue weighted by molar-refractivity contribution is 0.598. The molecule has 0 fully saturated rings. The third-order valence-electron chi connectivity index (χ3n) is 1.89. The van der Waals surface area contributed by atoms with Gasteiger partial charge in [-0.3, -0.25) is 4.68 Å². The summed E-state index contributed by atoms with van der Waals surface area (Å²) in [6, 6.07) is 0. The fraction of sp³-hybridized carbons (Fsp3) is 0.545. The highest BCUT2D eigenvalue weighted by molar-refractivity contribution is 5.35. The van der Waals surface area contributed by atoms with Gasteiger partial charge >= 0.3 is 0 Å². The minimum Gasteiger partial charge on any atom is -0.330 e. The van der Waals surface area contributed by atoms with E-state index in [1.54, 1.807) is 0 Å². The van der Waals surface area contributed by atoms with E-state index in [1.165, 1.54) is 0 Å². The lowest BCUT2D eigenvalue weighted by atomic mass is 10.2. The molecule has 2 N–H and O–H groups in total. The summed E-state index contributed by atoms with van der Waals surface area (Å²) in [6.45, 7) is 5.70. The number of nitrogens with zero attached hydrogens (tertiary/aromatic N) is 2. The van der Waals surface area contributed by atoms with Gasteiger partial charge in [0.05, 0.1) is 11.3 Å². The van der Waals surface area contributed by atoms with Crippen molar-refractivity contribution in [1.82, 2.24) is 9.78 Å². The number of aromatic nitrogens is 2. The van der Waals surface area contributed by atoms with Crippen LogP contribution in [0.2, 0.25) is 0 Å². The second-order valence-electron chi connectivity index (χ2n) is 3.23. The van der Waals surface area contributed by atoms with Crippen LogP contribution >= 0.6 is 0 Å². The number of hydrogen-bond acceptors (Lipinski definition) is 2. The second kappa shape index (κ2) is 5.46. The van der Waals surface area contributed by atoms with E-state index in [1.807, 2.05) is 17.8 Å². The van der Waals surface area contributed by atoms with Crippen molar-refractivity contribution < 1.29 is 0 Å². The quantitative estimate of drug-likeness (QED) is 0.732. The molecule has 1 rings (SSSR count). The Morgan fingerprint density at radius 2 is 2.36 bits per heavy atom. The maximum atomic E-state index is 5.36. The molecule has 1 aromatic heterocycles. The number of rotatable bonds is 3. The fourth-order valence-electron chi connectivity index (χ4n) is 1.21. The molecule has 0 unspecified atom stereocenters. The van der Waals surface area contributed by atoms with E-state index in [0.29, 0.717) is 6.54 Å². The number of nitrogens with two attached hydrogens (primary N) is 1. The third-order valence-corrected chi connectivity index (χ3v) is 1.89. The average Bonchev–Trinajstić information content (AvgIpc) is 2.48. The molecule has 3 heteroatoms. The maximum Gasteiger partial charge on any atom is 0.0750 e. The third kappa shape index (κ3) is 2.90. The van der Waals surface area contributed by atoms with Crippen molar-refractivity contribution in [3.8, 4) is 11.8 Å². The molecule has 0 radical (unpaired) electrons. The lowest BCUT2D eigenvalue weighted by Gasteiger charge is -1.93. The first-order valence-electron chi connectivity index (χ1n) is 5.01. The topological polar surface area (TPSA) is 43.8 Å². The first-order chi connectivity index (χ1) is 6.77. The van der Waals surface area contributed by atoms with Crippen LogP contribution in [0.3, 0.4) is 0 Å². The molecular formula is C11H17N3. The van der Waals surface area contributed by atoms with Crippen molar-refractivity contribution in [2.75, 3.05) is 6.54 Å². The molecule has 0 aromatic carbocycles. The molecule has 0 spiro atoms. The summed E-state index contributed by atoms with van der Waals surface area (Å²) < 4.78 is 1.95. The van der Waals surface area contributed by atoms with Crippen LogP contribution in [0.5, 0.6) is 0 Å². The van der Waals surface area contributed by atoms with Crippen molar-refractivity contribution >= 4 is 0 Å². The summed E-state index contributed by atoms with van der Waals surface area (Å²) in [4.78, 5) is 0. The van der Waals surface area contributed by atoms with Crippen LogP contribution in [0.15, 0.2) is 6.20 Å². The largest absolute Gasteiger partial charge is 0.330 e. The Labute approximate surface area is 85.3 Å². The van der Waals surface area contributed by atoms with Crippen LogP contribution in [-0.4, -0.2) is 16.3 Å². The highest BCUT2D eigenvalue weighted by Crippen LogP contribution is 2.04. The normalized spacial score (nSPS) is 9.64. The Morgan fingerprint density at radius 3 is 3.00 bits per heavy atom. The van der Waals surface area contributed by atoms with E-state index >= 15 is 0 Å². The zero-order valence-electron chi connectivity index (χ0n) is 8.88. The van der Waals surface area contributed by atoms with Gasteiger partial charge in [-0.2, -0.15) is 5.10 Å². The molecule has 0 aliphatic rings. The molecule has 14 heavy (non-hydrogen) atoms. The van der Waals surface area contributed by atoms with Gasteiger partial charge in [-0.1, -0.05) is 18.8 Å². The molecule has 1 aromatic rings. The molecule has 1 heterocycles. The Morgan fingerprint density at radius 1 is 1.57 bits per heavy atom. The van der Waals surface area contributed by atoms with Crippen LogP contribution in [0.1, 0.15) is 31.0 Å². The summed E-state index contributed by atoms with van der Waals surface area (Å²) in [7, 11) is 0. The van der Waals surface area contributed by atoms with Crippen molar-refractivity contribution in [2.24, 2.45) is 5.73 Å². The summed E-state index contributed by atoms with van der Waals surface area (Å²) >= 11 is 0. The molecule has 0 aliphatic carbocycles. The van der Waals surface area contributed by atoms with Gasteiger partial charge < -0.3 is 5.73 Å². The van der Waals surface area contributed by atoms with Gasteiger partial charge in [0.15, 0.2) is 0 Å². The van der Waals surface area contributed by atoms with Crippen LogP contribution in [-0.2, 0) is 6.54 Å². The predicted octanol–water partition coefficient (Wildman–Crippen LogP) is 1.30. The first-order valence-corrected chi connectivity index (χ1v) is 5.01. The van der Waals surface area contributed by atoms with Gasteiger partial charge in [-0.15, -0.1) is 0 Å². The van der Waals surface area contributed by atoms with E-state index in [0.717, 1.165) is 30.6 Å². The lowest BCUT2D eigenvalue weighted by Crippen LogP contribution is -1.96. The monoisotopic (exact) mass is 191 g/mol. The smallest absolute Gasteiger partial charge is 0.0750 e. The zero-order chi connectivity index (χ0) is 10.4. The summed E-state index contributed by atoms with van der Waals surface area (Å²) in [5.74, 6) is 6.10. The number of aryl methyl sites for hydroxylation is 2. The highest BCUT2D eigenvalue weighted by atomic mass is 15.3. The van der Waals surface area contributed by atoms with Crippen LogP contribution in [0.4, 0.5) is 0 Å². The minimum atomic E-state index is 0.620. The molecule has 3 nitrogen and oxygen atoms in total. The van der Waals surface area contributed by atoms with Gasteiger partial charge in [0.2, 0.25) is 0 Å². The van der Waals surface area contributed by atoms with E-state index < -0.39 is 0 Å². The van der Waals surface area contributed by atoms with Crippen LogP contribution in [0, 0.1) is 18.8 Å². The van der Waals surface area contributed by atoms with Gasteiger partial charge in [0.1, 0.15) is 0 Å². The predicted molar refractivity (Wildman–Crippen MR) is 57.8 cm³/mol. The molecule has 0 saturated heterocycles. The molecule has 0 amide bonds. The van der Waals surface area contributed by atoms with Gasteiger partial charge in [-0.05, 0) is 13.3 Å². The van der Waals surface area contributed by atoms with E-state index in [4.69, 9.17) is 5.73 Å². The Balaban J connectivity index is 2.73. The Bertz CT molecular complexity index is 341. The van der Waals surface area contributed by atoms with E-state index in [9.17, 15) is 0 Å². The number of hydrogen-bond donors (Lipinski definition) is 1. The van der Waals surface area contributed by atoms with Gasteiger partial charge in [-0.25, -0.2) is 0 Å². The SMILES string of the molecule is CCCn1cc(C#CCCN)c(C)n1. The van der Waals surface area contributed by atoms with E-state index in [-0.39, 0.29) is 0 Å². The van der Waals surface area contributed by atoms with Crippen molar-refractivity contribution in [1.29, 1.82) is 0 Å². The average molecular weight is 191 g/mol. The van der Waals surface area contributed by atoms with Gasteiger partial charge in [0, 0.05) is 25.7 Å². The zero-order valence-corrected chi connectivity index (χ0v) is 8.88. The first kappa shape index (κ1) is 10.8. The molecular weight excluding hydrogens is 174 g/mol. The van der Waals surface area contributed by atoms with E-state index in [2.05, 4.69) is 23.9 Å². The molecule has 0 atom stereocenters. The minimum absolute atomic E-state index is 0.620. The van der Waals surface area contributed by atoms with Crippen molar-refractivity contribution in [3.63, 3.8) is 0 Å². The maximum absolute atomic E-state index is 5.36. The Hall–Kier alpha value is -1.27. The van der Waals surface area contributed by atoms with Crippen LogP contribution < -0.4 is 5.73 Å². The molecule has 0 bridgehead atoms. The standard InChI is InChI=1S/C11H17N3/c1-3-8-14-9-11(10(2)13-14)6-4-5-7-12/h9H,3,5,7-8,12H2,1-2H3. The van der Waals surface area contributed by atoms with Crippen LogP contribution in [0.25, 0.3) is 0 Å². The van der Waals surface area contributed by atoms with Gasteiger partial charge in [0.25, 0.3) is 0 Å². The Kier molecular flexibility index (Phi) is 4.21. The molecule has 0 aliphatic heterocycles. The summed E-state index contributed by atoms with van der Waals surface area (Å²) in [5, 5.41) is 4.36.